The van der Waals surface area contributed by atoms with Crippen molar-refractivity contribution in [3.8, 4) is 34.1 Å². The number of rotatable bonds is 5. The van der Waals surface area contributed by atoms with Gasteiger partial charge in [0.15, 0.2) is 5.76 Å². The second kappa shape index (κ2) is 7.07. The van der Waals surface area contributed by atoms with E-state index in [2.05, 4.69) is 21.1 Å². The molecule has 0 saturated heterocycles. The number of hydrogen-bond acceptors (Lipinski definition) is 5. The number of methoxy groups -OCH3 is 2. The summed E-state index contributed by atoms with van der Waals surface area (Å²) < 4.78 is 17.0. The largest absolute Gasteiger partial charge is 0.497 e. The summed E-state index contributed by atoms with van der Waals surface area (Å²) >= 11 is 3.44. The molecule has 0 saturated carbocycles. The smallest absolute Gasteiger partial charge is 0.173 e. The van der Waals surface area contributed by atoms with E-state index in [-0.39, 0.29) is 6.61 Å². The normalized spacial score (nSPS) is 10.7. The van der Waals surface area contributed by atoms with Crippen LogP contribution in [0.3, 0.4) is 0 Å². The molecule has 0 radical (unpaired) electrons. The van der Waals surface area contributed by atoms with Crippen LogP contribution in [-0.2, 0) is 6.61 Å². The van der Waals surface area contributed by atoms with Gasteiger partial charge in [0.2, 0.25) is 0 Å². The highest BCUT2D eigenvalue weighted by Crippen LogP contribution is 2.36. The molecule has 1 heterocycles. The molecule has 3 aromatic rings. The summed E-state index contributed by atoms with van der Waals surface area (Å²) in [4.78, 5) is 0. The molecule has 2 aromatic carbocycles. The topological polar surface area (TPSA) is 64.7 Å². The number of benzene rings is 2. The van der Waals surface area contributed by atoms with E-state index in [0.29, 0.717) is 28.5 Å². The molecule has 0 amide bonds. The highest BCUT2D eigenvalue weighted by atomic mass is 79.9. The van der Waals surface area contributed by atoms with Crippen LogP contribution in [-0.4, -0.2) is 24.5 Å². The molecule has 0 aliphatic carbocycles. The van der Waals surface area contributed by atoms with E-state index < -0.39 is 0 Å². The number of aliphatic hydroxyl groups is 1. The van der Waals surface area contributed by atoms with E-state index in [9.17, 15) is 5.11 Å². The van der Waals surface area contributed by atoms with Gasteiger partial charge in [0.1, 0.15) is 17.2 Å². The van der Waals surface area contributed by atoms with Gasteiger partial charge in [-0.05, 0) is 24.3 Å². The summed E-state index contributed by atoms with van der Waals surface area (Å²) in [6, 6.07) is 13.1. The summed E-state index contributed by atoms with van der Waals surface area (Å²) in [6.07, 6.45) is 0. The molecule has 6 heteroatoms. The molecule has 0 aliphatic heterocycles. The van der Waals surface area contributed by atoms with Crippen molar-refractivity contribution in [3.05, 3.63) is 52.5 Å². The number of hydrogen-bond donors (Lipinski definition) is 1. The lowest BCUT2D eigenvalue weighted by molar-refractivity contribution is 0.281. The fourth-order valence-electron chi connectivity index (χ4n) is 2.48. The average molecular weight is 390 g/mol. The summed E-state index contributed by atoms with van der Waals surface area (Å²) in [7, 11) is 3.16. The molecule has 24 heavy (non-hydrogen) atoms. The van der Waals surface area contributed by atoms with Gasteiger partial charge in [0.25, 0.3) is 0 Å². The second-order valence-electron chi connectivity index (χ2n) is 5.11. The molecule has 0 spiro atoms. The van der Waals surface area contributed by atoms with Crippen molar-refractivity contribution in [2.24, 2.45) is 0 Å². The van der Waals surface area contributed by atoms with Gasteiger partial charge in [-0.15, -0.1) is 0 Å². The predicted octanol–water partition coefficient (Wildman–Crippen LogP) is 4.28. The number of ether oxygens (including phenoxy) is 2. The van der Waals surface area contributed by atoms with Crippen molar-refractivity contribution in [2.75, 3.05) is 14.2 Å². The lowest BCUT2D eigenvalue weighted by Gasteiger charge is -2.07. The van der Waals surface area contributed by atoms with Gasteiger partial charge in [0, 0.05) is 21.7 Å². The number of aromatic nitrogens is 1. The summed E-state index contributed by atoms with van der Waals surface area (Å²) in [5.41, 5.74) is 2.81. The first kappa shape index (κ1) is 16.5. The van der Waals surface area contributed by atoms with E-state index >= 15 is 0 Å². The molecular weight excluding hydrogens is 374 g/mol. The van der Waals surface area contributed by atoms with Gasteiger partial charge in [0.05, 0.1) is 26.4 Å². The third-order valence-electron chi connectivity index (χ3n) is 3.66. The Bertz CT molecular complexity index is 838. The average Bonchev–Trinajstić information content (AvgIpc) is 3.05. The zero-order chi connectivity index (χ0) is 17.1. The van der Waals surface area contributed by atoms with Crippen molar-refractivity contribution in [3.63, 3.8) is 0 Å². The van der Waals surface area contributed by atoms with Crippen LogP contribution in [0, 0.1) is 0 Å². The molecule has 3 rings (SSSR count). The SMILES string of the molecule is COc1cc(OC)cc(-c2onc(-c3cccc(Br)c3)c2CO)c1. The van der Waals surface area contributed by atoms with E-state index in [1.165, 1.54) is 0 Å². The molecule has 1 N–H and O–H groups in total. The van der Waals surface area contributed by atoms with Crippen LogP contribution in [0.25, 0.3) is 22.6 Å². The Morgan fingerprint density at radius 1 is 1.04 bits per heavy atom. The first-order chi connectivity index (χ1) is 11.7. The van der Waals surface area contributed by atoms with Gasteiger partial charge < -0.3 is 19.1 Å². The van der Waals surface area contributed by atoms with Gasteiger partial charge in [-0.25, -0.2) is 0 Å². The maximum atomic E-state index is 9.86. The van der Waals surface area contributed by atoms with Gasteiger partial charge >= 0.3 is 0 Å². The third-order valence-corrected chi connectivity index (χ3v) is 4.15. The van der Waals surface area contributed by atoms with Crippen molar-refractivity contribution in [1.29, 1.82) is 0 Å². The zero-order valence-electron chi connectivity index (χ0n) is 13.2. The van der Waals surface area contributed by atoms with E-state index in [1.807, 2.05) is 36.4 Å². The molecule has 0 aliphatic rings. The summed E-state index contributed by atoms with van der Waals surface area (Å²) in [5, 5.41) is 14.0. The molecule has 0 fully saturated rings. The molecule has 5 nitrogen and oxygen atoms in total. The fourth-order valence-corrected chi connectivity index (χ4v) is 2.88. The van der Waals surface area contributed by atoms with Gasteiger partial charge in [-0.1, -0.05) is 33.2 Å². The molecule has 0 atom stereocenters. The Hall–Kier alpha value is -2.31. The standard InChI is InChI=1S/C18H16BrNO4/c1-22-14-7-12(8-15(9-14)23-2)18-16(10-21)17(20-24-18)11-4-3-5-13(19)6-11/h3-9,21H,10H2,1-2H3. The van der Waals surface area contributed by atoms with Crippen molar-refractivity contribution in [2.45, 2.75) is 6.61 Å². The lowest BCUT2D eigenvalue weighted by atomic mass is 10.0. The minimum absolute atomic E-state index is 0.194. The molecule has 0 unspecified atom stereocenters. The molecule has 1 aromatic heterocycles. The first-order valence-electron chi connectivity index (χ1n) is 7.25. The summed E-state index contributed by atoms with van der Waals surface area (Å²) in [6.45, 7) is -0.194. The van der Waals surface area contributed by atoms with E-state index in [1.54, 1.807) is 20.3 Å². The van der Waals surface area contributed by atoms with Crippen LogP contribution in [0.5, 0.6) is 11.5 Å². The first-order valence-corrected chi connectivity index (χ1v) is 8.04. The van der Waals surface area contributed by atoms with Crippen LogP contribution in [0.2, 0.25) is 0 Å². The summed E-state index contributed by atoms with van der Waals surface area (Å²) in [5.74, 6) is 1.76. The van der Waals surface area contributed by atoms with Gasteiger partial charge in [-0.2, -0.15) is 0 Å². The van der Waals surface area contributed by atoms with Crippen LogP contribution >= 0.6 is 15.9 Å². The maximum Gasteiger partial charge on any atom is 0.173 e. The minimum Gasteiger partial charge on any atom is -0.497 e. The Kier molecular flexibility index (Phi) is 4.87. The minimum atomic E-state index is -0.194. The highest BCUT2D eigenvalue weighted by Gasteiger charge is 2.19. The predicted molar refractivity (Wildman–Crippen MR) is 94.1 cm³/mol. The zero-order valence-corrected chi connectivity index (χ0v) is 14.8. The quantitative estimate of drug-likeness (QED) is 0.705. The fraction of sp³-hybridized carbons (Fsp3) is 0.167. The second-order valence-corrected chi connectivity index (χ2v) is 6.02. The van der Waals surface area contributed by atoms with Crippen molar-refractivity contribution in [1.82, 2.24) is 5.16 Å². The monoisotopic (exact) mass is 389 g/mol. The van der Waals surface area contributed by atoms with Crippen LogP contribution in [0.15, 0.2) is 51.5 Å². The third kappa shape index (κ3) is 3.16. The maximum absolute atomic E-state index is 9.86. The van der Waals surface area contributed by atoms with Gasteiger partial charge in [-0.3, -0.25) is 0 Å². The Morgan fingerprint density at radius 2 is 1.75 bits per heavy atom. The molecule has 124 valence electrons. The van der Waals surface area contributed by atoms with Crippen LogP contribution < -0.4 is 9.47 Å². The highest BCUT2D eigenvalue weighted by molar-refractivity contribution is 9.10. The molecule has 0 bridgehead atoms. The Balaban J connectivity index is 2.13. The van der Waals surface area contributed by atoms with Crippen LogP contribution in [0.1, 0.15) is 5.56 Å². The van der Waals surface area contributed by atoms with Crippen molar-refractivity contribution < 1.29 is 19.1 Å². The Labute approximate surface area is 147 Å². The lowest BCUT2D eigenvalue weighted by Crippen LogP contribution is -1.92. The van der Waals surface area contributed by atoms with Crippen LogP contribution in [0.4, 0.5) is 0 Å². The van der Waals surface area contributed by atoms with E-state index in [0.717, 1.165) is 15.6 Å². The number of nitrogens with zero attached hydrogens (tertiary/aromatic N) is 1. The number of aliphatic hydroxyl groups excluding tert-OH is 1. The number of halogens is 1. The molecular formula is C18H16BrNO4. The van der Waals surface area contributed by atoms with E-state index in [4.69, 9.17) is 14.0 Å². The Morgan fingerprint density at radius 3 is 2.33 bits per heavy atom. The van der Waals surface area contributed by atoms with Crippen molar-refractivity contribution >= 4 is 15.9 Å².